The fraction of sp³-hybridized carbons (Fsp3) is 1.00. The first-order chi connectivity index (χ1) is 5.89. The Bertz CT molecular complexity index is 89.2. The van der Waals surface area contributed by atoms with Gasteiger partial charge in [-0.25, -0.2) is 0 Å². The third kappa shape index (κ3) is 5.08. The molecule has 1 heteroatoms. The highest BCUT2D eigenvalue weighted by molar-refractivity contribution is 7.80. The van der Waals surface area contributed by atoms with Crippen LogP contribution in [0.2, 0.25) is 0 Å². The van der Waals surface area contributed by atoms with Crippen molar-refractivity contribution in [2.24, 2.45) is 0 Å². The topological polar surface area (TPSA) is 0 Å². The van der Waals surface area contributed by atoms with Gasteiger partial charge in [-0.2, -0.15) is 0 Å². The molecule has 0 aromatic heterocycles. The second-order valence-electron chi connectivity index (χ2n) is 4.03. The molecule has 0 aliphatic heterocycles. The average Bonchev–Trinajstić information content (AvgIpc) is 2.11. The van der Waals surface area contributed by atoms with Crippen LogP contribution in [0.3, 0.4) is 0 Å². The Morgan fingerprint density at radius 3 is 1.33 bits per heavy atom. The van der Waals surface area contributed by atoms with Crippen LogP contribution in [-0.4, -0.2) is 5.25 Å². The van der Waals surface area contributed by atoms with E-state index < -0.39 is 0 Å². The van der Waals surface area contributed by atoms with Gasteiger partial charge in [0.1, 0.15) is 0 Å². The van der Waals surface area contributed by atoms with Crippen LogP contribution < -0.4 is 0 Å². The Kier molecular flexibility index (Phi) is 5.93. The summed E-state index contributed by atoms with van der Waals surface area (Å²) in [5.41, 5.74) is 0. The smallest absolute Gasteiger partial charge is 0.0151 e. The first kappa shape index (κ1) is 10.4. The standard InChI is InChI=1S/C11H21S/c12-11-9-7-5-3-1-2-4-6-8-10-11/h11H,1-10H2. The normalized spacial score (nSPS) is 24.8. The third-order valence-electron chi connectivity index (χ3n) is 2.80. The van der Waals surface area contributed by atoms with Crippen molar-refractivity contribution in [3.8, 4) is 0 Å². The second kappa shape index (κ2) is 6.82. The van der Waals surface area contributed by atoms with Gasteiger partial charge in [-0.15, -0.1) is 0 Å². The molecule has 1 aliphatic carbocycles. The van der Waals surface area contributed by atoms with E-state index in [9.17, 15) is 0 Å². The number of hydrogen-bond acceptors (Lipinski definition) is 0. The van der Waals surface area contributed by atoms with Gasteiger partial charge in [-0.1, -0.05) is 64.0 Å². The largest absolute Gasteiger partial charge is 0.0904 e. The van der Waals surface area contributed by atoms with E-state index in [1.807, 2.05) is 0 Å². The van der Waals surface area contributed by atoms with Crippen molar-refractivity contribution >= 4 is 12.6 Å². The van der Waals surface area contributed by atoms with E-state index in [2.05, 4.69) is 0 Å². The van der Waals surface area contributed by atoms with Crippen molar-refractivity contribution in [1.82, 2.24) is 0 Å². The highest BCUT2D eigenvalue weighted by Gasteiger charge is 2.04. The molecule has 0 N–H and O–H groups in total. The summed E-state index contributed by atoms with van der Waals surface area (Å²) in [6.45, 7) is 0. The van der Waals surface area contributed by atoms with E-state index in [-0.39, 0.29) is 0 Å². The van der Waals surface area contributed by atoms with Gasteiger partial charge in [0.25, 0.3) is 0 Å². The molecule has 0 bridgehead atoms. The molecule has 0 saturated heterocycles. The van der Waals surface area contributed by atoms with E-state index in [0.29, 0.717) is 5.25 Å². The van der Waals surface area contributed by atoms with Crippen molar-refractivity contribution in [3.05, 3.63) is 0 Å². The van der Waals surface area contributed by atoms with E-state index >= 15 is 0 Å². The Hall–Kier alpha value is 0.350. The molecule has 0 unspecified atom stereocenters. The predicted molar refractivity (Wildman–Crippen MR) is 57.5 cm³/mol. The lowest BCUT2D eigenvalue weighted by Crippen LogP contribution is -1.97. The highest BCUT2D eigenvalue weighted by atomic mass is 32.1. The van der Waals surface area contributed by atoms with Crippen molar-refractivity contribution in [2.75, 3.05) is 0 Å². The lowest BCUT2D eigenvalue weighted by atomic mass is 10.1. The zero-order valence-corrected chi connectivity index (χ0v) is 8.87. The fourth-order valence-electron chi connectivity index (χ4n) is 1.95. The molecule has 1 radical (unpaired) electrons. The first-order valence-corrected chi connectivity index (χ1v) is 6.02. The van der Waals surface area contributed by atoms with Crippen molar-refractivity contribution < 1.29 is 0 Å². The second-order valence-corrected chi connectivity index (χ2v) is 4.69. The van der Waals surface area contributed by atoms with E-state index in [1.165, 1.54) is 64.2 Å². The zero-order chi connectivity index (χ0) is 8.65. The molecular weight excluding hydrogens is 164 g/mol. The summed E-state index contributed by atoms with van der Waals surface area (Å²) < 4.78 is 0. The Labute approximate surface area is 82.5 Å². The fourth-order valence-corrected chi connectivity index (χ4v) is 2.28. The van der Waals surface area contributed by atoms with Crippen LogP contribution in [0.25, 0.3) is 0 Å². The molecule has 0 aromatic carbocycles. The maximum absolute atomic E-state index is 5.38. The van der Waals surface area contributed by atoms with Crippen LogP contribution in [0.5, 0.6) is 0 Å². The average molecular weight is 185 g/mol. The summed E-state index contributed by atoms with van der Waals surface area (Å²) >= 11 is 5.38. The molecule has 0 spiro atoms. The Morgan fingerprint density at radius 2 is 0.917 bits per heavy atom. The summed E-state index contributed by atoms with van der Waals surface area (Å²) in [4.78, 5) is 0. The van der Waals surface area contributed by atoms with Gasteiger partial charge in [-0.3, -0.25) is 0 Å². The summed E-state index contributed by atoms with van der Waals surface area (Å²) in [5, 5.41) is 0.586. The van der Waals surface area contributed by atoms with Crippen molar-refractivity contribution in [1.29, 1.82) is 0 Å². The minimum absolute atomic E-state index is 0.586. The molecule has 0 aromatic rings. The molecular formula is C11H21S. The molecule has 1 fully saturated rings. The van der Waals surface area contributed by atoms with Gasteiger partial charge in [0.2, 0.25) is 0 Å². The molecule has 0 amide bonds. The Balaban J connectivity index is 2.13. The SMILES string of the molecule is [S]C1CCCCCCCCCC1. The lowest BCUT2D eigenvalue weighted by molar-refractivity contribution is 0.585. The number of rotatable bonds is 0. The van der Waals surface area contributed by atoms with Crippen LogP contribution >= 0.6 is 12.6 Å². The van der Waals surface area contributed by atoms with Gasteiger partial charge < -0.3 is 0 Å². The van der Waals surface area contributed by atoms with Crippen LogP contribution in [0, 0.1) is 0 Å². The first-order valence-electron chi connectivity index (χ1n) is 5.55. The quantitative estimate of drug-likeness (QED) is 0.522. The van der Waals surface area contributed by atoms with Gasteiger partial charge >= 0.3 is 0 Å². The zero-order valence-electron chi connectivity index (χ0n) is 8.06. The monoisotopic (exact) mass is 185 g/mol. The summed E-state index contributed by atoms with van der Waals surface area (Å²) in [5.74, 6) is 0. The van der Waals surface area contributed by atoms with Crippen LogP contribution in [0.1, 0.15) is 64.2 Å². The van der Waals surface area contributed by atoms with Gasteiger partial charge in [0.05, 0.1) is 0 Å². The van der Waals surface area contributed by atoms with E-state index in [4.69, 9.17) is 12.6 Å². The molecule has 0 nitrogen and oxygen atoms in total. The molecule has 0 heterocycles. The van der Waals surface area contributed by atoms with Gasteiger partial charge in [0.15, 0.2) is 0 Å². The molecule has 71 valence electrons. The maximum atomic E-state index is 5.38. The lowest BCUT2D eigenvalue weighted by Gasteiger charge is -2.07. The maximum Gasteiger partial charge on any atom is 0.0151 e. The van der Waals surface area contributed by atoms with Gasteiger partial charge in [0, 0.05) is 5.25 Å². The van der Waals surface area contributed by atoms with Crippen LogP contribution in [-0.2, 0) is 0 Å². The van der Waals surface area contributed by atoms with Crippen LogP contribution in [0.4, 0.5) is 0 Å². The summed E-state index contributed by atoms with van der Waals surface area (Å²) in [6.07, 6.45) is 14.0. The van der Waals surface area contributed by atoms with Crippen molar-refractivity contribution in [3.63, 3.8) is 0 Å². The molecule has 1 aliphatic rings. The predicted octanol–water partition coefficient (Wildman–Crippen LogP) is 4.47. The number of hydrogen-bond donors (Lipinski definition) is 0. The summed E-state index contributed by atoms with van der Waals surface area (Å²) in [6, 6.07) is 0. The van der Waals surface area contributed by atoms with E-state index in [0.717, 1.165) is 0 Å². The highest BCUT2D eigenvalue weighted by Crippen LogP contribution is 2.19. The minimum Gasteiger partial charge on any atom is -0.0904 e. The Morgan fingerprint density at radius 1 is 0.583 bits per heavy atom. The summed E-state index contributed by atoms with van der Waals surface area (Å²) in [7, 11) is 0. The molecule has 0 atom stereocenters. The van der Waals surface area contributed by atoms with Gasteiger partial charge in [-0.05, 0) is 12.8 Å². The molecule has 1 saturated carbocycles. The molecule has 12 heavy (non-hydrogen) atoms. The van der Waals surface area contributed by atoms with E-state index in [1.54, 1.807) is 0 Å². The molecule has 1 rings (SSSR count). The van der Waals surface area contributed by atoms with Crippen LogP contribution in [0.15, 0.2) is 0 Å². The third-order valence-corrected chi connectivity index (χ3v) is 3.27. The van der Waals surface area contributed by atoms with Crippen molar-refractivity contribution in [2.45, 2.75) is 69.5 Å². The minimum atomic E-state index is 0.586.